The zero-order valence-electron chi connectivity index (χ0n) is 15.8. The molecule has 3 aromatic heterocycles. The first kappa shape index (κ1) is 18.5. The van der Waals surface area contributed by atoms with Gasteiger partial charge in [-0.1, -0.05) is 11.6 Å². The molecular formula is C18H19ClFN7O. The van der Waals surface area contributed by atoms with E-state index in [1.807, 2.05) is 14.0 Å². The molecule has 8 nitrogen and oxygen atoms in total. The highest BCUT2D eigenvalue weighted by Gasteiger charge is 2.26. The lowest BCUT2D eigenvalue weighted by atomic mass is 10.2. The summed E-state index contributed by atoms with van der Waals surface area (Å²) >= 11 is 6.16. The van der Waals surface area contributed by atoms with Crippen LogP contribution in [0.1, 0.15) is 18.8 Å². The van der Waals surface area contributed by atoms with E-state index in [1.165, 1.54) is 7.11 Å². The average molecular weight is 404 g/mol. The van der Waals surface area contributed by atoms with Crippen LogP contribution < -0.4 is 10.1 Å². The number of aromatic amines is 1. The van der Waals surface area contributed by atoms with Crippen molar-refractivity contribution in [1.29, 1.82) is 0 Å². The third-order valence-corrected chi connectivity index (χ3v) is 5.18. The Bertz CT molecular complexity index is 1150. The van der Waals surface area contributed by atoms with Gasteiger partial charge < -0.3 is 19.2 Å². The zero-order chi connectivity index (χ0) is 20.0. The van der Waals surface area contributed by atoms with Crippen molar-refractivity contribution in [2.75, 3.05) is 14.2 Å². The maximum absolute atomic E-state index is 15.1. The lowest BCUT2D eigenvalue weighted by molar-refractivity contribution is 0.412. The van der Waals surface area contributed by atoms with Crippen LogP contribution in [-0.4, -0.2) is 43.5 Å². The Morgan fingerprint density at radius 1 is 1.39 bits per heavy atom. The predicted octanol–water partition coefficient (Wildman–Crippen LogP) is 3.23. The minimum atomic E-state index is -0.561. The number of aromatic nitrogens is 6. The monoisotopic (exact) mass is 403 g/mol. The number of hydrogen-bond acceptors (Lipinski definition) is 5. The zero-order valence-corrected chi connectivity index (χ0v) is 16.5. The SMILES string of the molecule is CNC(C)c1n[nH]c(-c2c(-n3ccnc3)c3cc(OC)c(Cl)c(F)c3n2C)n1. The molecule has 0 aliphatic carbocycles. The van der Waals surface area contributed by atoms with Crippen molar-refractivity contribution in [3.05, 3.63) is 41.5 Å². The molecule has 4 rings (SSSR count). The largest absolute Gasteiger partial charge is 0.495 e. The number of hydrogen-bond donors (Lipinski definition) is 2. The summed E-state index contributed by atoms with van der Waals surface area (Å²) in [6.45, 7) is 1.95. The summed E-state index contributed by atoms with van der Waals surface area (Å²) in [5.74, 6) is 0.811. The standard InChI is InChI=1S/C18H19ClFN7O/c1-9(21-2)17-23-18(25-24-17)16-15(27-6-5-22-8-27)10-7-11(28-4)12(19)13(20)14(10)26(16)3/h5-9,21H,1-4H3,(H,23,24,25). The fourth-order valence-electron chi connectivity index (χ4n) is 3.28. The van der Waals surface area contributed by atoms with Crippen molar-refractivity contribution in [2.24, 2.45) is 7.05 Å². The Labute approximate surface area is 165 Å². The minimum Gasteiger partial charge on any atom is -0.495 e. The number of benzene rings is 1. The van der Waals surface area contributed by atoms with Crippen LogP contribution in [0.15, 0.2) is 24.8 Å². The van der Waals surface area contributed by atoms with Crippen molar-refractivity contribution in [3.8, 4) is 23.0 Å². The number of H-pyrrole nitrogens is 1. The number of halogens is 2. The Balaban J connectivity index is 2.08. The molecule has 10 heteroatoms. The molecule has 0 amide bonds. The van der Waals surface area contributed by atoms with E-state index >= 15 is 4.39 Å². The third-order valence-electron chi connectivity index (χ3n) is 4.83. The number of aryl methyl sites for hydroxylation is 1. The van der Waals surface area contributed by atoms with Gasteiger partial charge in [0.2, 0.25) is 0 Å². The van der Waals surface area contributed by atoms with Crippen molar-refractivity contribution < 1.29 is 9.13 Å². The Hall–Kier alpha value is -2.91. The van der Waals surface area contributed by atoms with Crippen LogP contribution in [0.4, 0.5) is 4.39 Å². The van der Waals surface area contributed by atoms with Gasteiger partial charge in [-0.3, -0.25) is 5.10 Å². The highest BCUT2D eigenvalue weighted by molar-refractivity contribution is 6.33. The topological polar surface area (TPSA) is 85.6 Å². The van der Waals surface area contributed by atoms with Gasteiger partial charge in [0.15, 0.2) is 17.5 Å². The van der Waals surface area contributed by atoms with E-state index in [1.54, 1.807) is 41.0 Å². The van der Waals surface area contributed by atoms with Gasteiger partial charge in [0, 0.05) is 24.8 Å². The average Bonchev–Trinajstić information content (AvgIpc) is 3.42. The Morgan fingerprint density at radius 3 is 2.82 bits per heavy atom. The summed E-state index contributed by atoms with van der Waals surface area (Å²) in [6.07, 6.45) is 5.08. The first-order valence-electron chi connectivity index (χ1n) is 8.60. The molecule has 4 aromatic rings. The maximum Gasteiger partial charge on any atom is 0.174 e. The molecule has 2 N–H and O–H groups in total. The van der Waals surface area contributed by atoms with Crippen LogP contribution in [0.5, 0.6) is 5.75 Å². The van der Waals surface area contributed by atoms with E-state index in [0.29, 0.717) is 33.9 Å². The highest BCUT2D eigenvalue weighted by atomic mass is 35.5. The number of imidazole rings is 1. The summed E-state index contributed by atoms with van der Waals surface area (Å²) in [4.78, 5) is 8.73. The molecule has 0 fully saturated rings. The van der Waals surface area contributed by atoms with Crippen LogP contribution in [0.2, 0.25) is 5.02 Å². The van der Waals surface area contributed by atoms with E-state index in [-0.39, 0.29) is 16.8 Å². The molecule has 0 saturated carbocycles. The van der Waals surface area contributed by atoms with Gasteiger partial charge in [0.1, 0.15) is 16.5 Å². The number of nitrogens with one attached hydrogen (secondary N) is 2. The van der Waals surface area contributed by atoms with Gasteiger partial charge in [0.05, 0.1) is 30.7 Å². The first-order chi connectivity index (χ1) is 13.5. The van der Waals surface area contributed by atoms with Gasteiger partial charge >= 0.3 is 0 Å². The van der Waals surface area contributed by atoms with E-state index in [9.17, 15) is 0 Å². The lowest BCUT2D eigenvalue weighted by Gasteiger charge is -2.07. The fraction of sp³-hybridized carbons (Fsp3) is 0.278. The van der Waals surface area contributed by atoms with E-state index in [2.05, 4.69) is 25.5 Å². The van der Waals surface area contributed by atoms with Crippen molar-refractivity contribution >= 4 is 22.5 Å². The second-order valence-electron chi connectivity index (χ2n) is 6.38. The lowest BCUT2D eigenvalue weighted by Crippen LogP contribution is -2.13. The molecule has 1 aromatic carbocycles. The predicted molar refractivity (Wildman–Crippen MR) is 104 cm³/mol. The Kier molecular flexibility index (Phi) is 4.56. The molecule has 1 unspecified atom stereocenters. The molecule has 28 heavy (non-hydrogen) atoms. The van der Waals surface area contributed by atoms with E-state index in [0.717, 1.165) is 0 Å². The molecule has 0 spiro atoms. The molecular weight excluding hydrogens is 385 g/mol. The number of fused-ring (bicyclic) bond motifs is 1. The number of methoxy groups -OCH3 is 1. The summed E-state index contributed by atoms with van der Waals surface area (Å²) in [5.41, 5.74) is 1.69. The van der Waals surface area contributed by atoms with Gasteiger partial charge in [-0.05, 0) is 20.0 Å². The van der Waals surface area contributed by atoms with E-state index in [4.69, 9.17) is 16.3 Å². The highest BCUT2D eigenvalue weighted by Crippen LogP contribution is 2.41. The third kappa shape index (κ3) is 2.66. The summed E-state index contributed by atoms with van der Waals surface area (Å²) < 4.78 is 23.9. The molecule has 3 heterocycles. The molecule has 1 atom stereocenters. The minimum absolute atomic E-state index is 0.0392. The molecule has 0 saturated heterocycles. The number of rotatable bonds is 5. The quantitative estimate of drug-likeness (QED) is 0.534. The van der Waals surface area contributed by atoms with Gasteiger partial charge in [-0.2, -0.15) is 5.10 Å². The fourth-order valence-corrected chi connectivity index (χ4v) is 3.50. The second kappa shape index (κ2) is 6.92. The first-order valence-corrected chi connectivity index (χ1v) is 8.98. The van der Waals surface area contributed by atoms with Crippen molar-refractivity contribution in [3.63, 3.8) is 0 Å². The molecule has 0 radical (unpaired) electrons. The molecule has 0 bridgehead atoms. The number of ether oxygens (including phenoxy) is 1. The smallest absolute Gasteiger partial charge is 0.174 e. The summed E-state index contributed by atoms with van der Waals surface area (Å²) in [6, 6.07) is 1.68. The van der Waals surface area contributed by atoms with Crippen LogP contribution in [0.3, 0.4) is 0 Å². The maximum atomic E-state index is 15.1. The Morgan fingerprint density at radius 2 is 2.18 bits per heavy atom. The summed E-state index contributed by atoms with van der Waals surface area (Å²) in [7, 11) is 5.04. The van der Waals surface area contributed by atoms with Gasteiger partial charge in [-0.25, -0.2) is 14.4 Å². The molecule has 0 aliphatic rings. The van der Waals surface area contributed by atoms with E-state index < -0.39 is 5.82 Å². The van der Waals surface area contributed by atoms with Crippen molar-refractivity contribution in [1.82, 2.24) is 34.6 Å². The number of nitrogens with zero attached hydrogens (tertiary/aromatic N) is 5. The normalized spacial score (nSPS) is 12.6. The van der Waals surface area contributed by atoms with Gasteiger partial charge in [-0.15, -0.1) is 0 Å². The summed E-state index contributed by atoms with van der Waals surface area (Å²) in [5, 5.41) is 10.9. The van der Waals surface area contributed by atoms with Crippen LogP contribution >= 0.6 is 11.6 Å². The molecule has 146 valence electrons. The van der Waals surface area contributed by atoms with Crippen LogP contribution in [-0.2, 0) is 7.05 Å². The van der Waals surface area contributed by atoms with Crippen molar-refractivity contribution in [2.45, 2.75) is 13.0 Å². The van der Waals surface area contributed by atoms with Crippen LogP contribution in [0.25, 0.3) is 28.1 Å². The van der Waals surface area contributed by atoms with Gasteiger partial charge in [0.25, 0.3) is 0 Å². The van der Waals surface area contributed by atoms with Crippen LogP contribution in [0, 0.1) is 5.82 Å². The second-order valence-corrected chi connectivity index (χ2v) is 6.76. The molecule has 0 aliphatic heterocycles.